The topological polar surface area (TPSA) is 24.8 Å². The van der Waals surface area contributed by atoms with Crippen LogP contribution in [0.3, 0.4) is 0 Å². The number of methoxy groups -OCH3 is 1. The minimum Gasteiger partial charge on any atom is -0.382 e. The van der Waals surface area contributed by atoms with Gasteiger partial charge in [-0.15, -0.1) is 0 Å². The van der Waals surface area contributed by atoms with Crippen molar-refractivity contribution in [2.75, 3.05) is 20.3 Å². The zero-order valence-corrected chi connectivity index (χ0v) is 17.2. The molecule has 0 saturated carbocycles. The van der Waals surface area contributed by atoms with Gasteiger partial charge in [0.15, 0.2) is 0 Å². The van der Waals surface area contributed by atoms with E-state index in [1.807, 2.05) is 0 Å². The smallest absolute Gasteiger partial charge is 0.0704 e. The van der Waals surface area contributed by atoms with Gasteiger partial charge < -0.3 is 4.74 Å². The van der Waals surface area contributed by atoms with E-state index < -0.39 is 8.07 Å². The second kappa shape index (κ2) is 7.96. The van der Waals surface area contributed by atoms with Gasteiger partial charge in [-0.3, -0.25) is 5.01 Å². The molecule has 1 fully saturated rings. The van der Waals surface area contributed by atoms with Gasteiger partial charge in [0.2, 0.25) is 0 Å². The number of nitrogens with zero attached hydrogens (tertiary/aromatic N) is 2. The van der Waals surface area contributed by atoms with Crippen molar-refractivity contribution in [2.45, 2.75) is 84.1 Å². The van der Waals surface area contributed by atoms with E-state index in [0.29, 0.717) is 11.1 Å². The average molecular weight is 327 g/mol. The van der Waals surface area contributed by atoms with Crippen molar-refractivity contribution < 1.29 is 4.74 Å². The Bertz CT molecular complexity index is 377. The molecule has 0 radical (unpaired) electrons. The van der Waals surface area contributed by atoms with Crippen LogP contribution in [0.4, 0.5) is 0 Å². The second-order valence-corrected chi connectivity index (χ2v) is 13.8. The standard InChI is InChI=1S/C18H38N2OSi/c1-9-16(14-22(7,8)18(4,5)15(2)3)19-20-12-10-11-17(20)13-21-6/h15,17H,9-14H2,1-8H3/b19-16-. The van der Waals surface area contributed by atoms with E-state index in [9.17, 15) is 0 Å². The Morgan fingerprint density at radius 2 is 2.00 bits per heavy atom. The average Bonchev–Trinajstić information content (AvgIpc) is 2.85. The predicted octanol–water partition coefficient (Wildman–Crippen LogP) is 5.01. The van der Waals surface area contributed by atoms with Gasteiger partial charge in [-0.2, -0.15) is 5.10 Å². The molecule has 1 heterocycles. The van der Waals surface area contributed by atoms with E-state index in [2.05, 4.69) is 52.7 Å². The summed E-state index contributed by atoms with van der Waals surface area (Å²) in [6, 6.07) is 1.69. The van der Waals surface area contributed by atoms with Gasteiger partial charge in [0.05, 0.1) is 20.7 Å². The molecule has 0 aromatic carbocycles. The van der Waals surface area contributed by atoms with Crippen molar-refractivity contribution in [2.24, 2.45) is 11.0 Å². The van der Waals surface area contributed by atoms with E-state index in [0.717, 1.165) is 25.5 Å². The van der Waals surface area contributed by atoms with E-state index in [4.69, 9.17) is 9.84 Å². The van der Waals surface area contributed by atoms with Crippen LogP contribution in [0.15, 0.2) is 5.10 Å². The monoisotopic (exact) mass is 326 g/mol. The quantitative estimate of drug-likeness (QED) is 0.463. The normalized spacial score (nSPS) is 21.0. The lowest BCUT2D eigenvalue weighted by molar-refractivity contribution is 0.117. The molecule has 0 aromatic rings. The van der Waals surface area contributed by atoms with Crippen molar-refractivity contribution in [1.29, 1.82) is 0 Å². The van der Waals surface area contributed by atoms with Crippen LogP contribution in [0.1, 0.15) is 53.9 Å². The van der Waals surface area contributed by atoms with Crippen LogP contribution in [0.25, 0.3) is 0 Å². The first-order valence-corrected chi connectivity index (χ1v) is 12.2. The fourth-order valence-corrected chi connectivity index (χ4v) is 6.61. The van der Waals surface area contributed by atoms with Crippen molar-refractivity contribution in [3.05, 3.63) is 0 Å². The highest BCUT2D eigenvalue weighted by Crippen LogP contribution is 2.46. The molecule has 0 amide bonds. The highest BCUT2D eigenvalue weighted by Gasteiger charge is 2.41. The Labute approximate surface area is 139 Å². The maximum Gasteiger partial charge on any atom is 0.0704 e. The molecule has 1 atom stereocenters. The Kier molecular flexibility index (Phi) is 7.12. The second-order valence-electron chi connectivity index (χ2n) is 8.37. The summed E-state index contributed by atoms with van der Waals surface area (Å²) in [6.07, 6.45) is 3.53. The van der Waals surface area contributed by atoms with Crippen molar-refractivity contribution in [3.63, 3.8) is 0 Å². The number of rotatable bonds is 8. The van der Waals surface area contributed by atoms with Crippen LogP contribution in [-0.4, -0.2) is 45.1 Å². The molecule has 0 bridgehead atoms. The first-order chi connectivity index (χ1) is 10.2. The van der Waals surface area contributed by atoms with Gasteiger partial charge in [-0.25, -0.2) is 0 Å². The molecule has 4 heteroatoms. The van der Waals surface area contributed by atoms with Gasteiger partial charge >= 0.3 is 0 Å². The molecule has 1 unspecified atom stereocenters. The zero-order valence-electron chi connectivity index (χ0n) is 16.2. The molecule has 0 N–H and O–H groups in total. The largest absolute Gasteiger partial charge is 0.382 e. The lowest BCUT2D eigenvalue weighted by Gasteiger charge is -2.44. The van der Waals surface area contributed by atoms with Crippen LogP contribution >= 0.6 is 0 Å². The molecule has 130 valence electrons. The van der Waals surface area contributed by atoms with E-state index in [1.54, 1.807) is 7.11 Å². The molecule has 0 spiro atoms. The molecule has 3 nitrogen and oxygen atoms in total. The lowest BCUT2D eigenvalue weighted by atomic mass is 9.99. The maximum atomic E-state index is 5.36. The Morgan fingerprint density at radius 3 is 2.50 bits per heavy atom. The van der Waals surface area contributed by atoms with Crippen LogP contribution in [-0.2, 0) is 4.74 Å². The molecule has 1 saturated heterocycles. The van der Waals surface area contributed by atoms with Crippen LogP contribution in [0, 0.1) is 5.92 Å². The number of hydrogen-bond acceptors (Lipinski definition) is 3. The van der Waals surface area contributed by atoms with Gasteiger partial charge in [-0.1, -0.05) is 47.7 Å². The van der Waals surface area contributed by atoms with Crippen LogP contribution in [0.2, 0.25) is 24.2 Å². The van der Waals surface area contributed by atoms with E-state index >= 15 is 0 Å². The Balaban J connectivity index is 2.85. The summed E-state index contributed by atoms with van der Waals surface area (Å²) in [5.41, 5.74) is 1.40. The molecular formula is C18H38N2OSi. The minimum absolute atomic E-state index is 0.430. The summed E-state index contributed by atoms with van der Waals surface area (Å²) < 4.78 is 5.36. The molecule has 1 aliphatic heterocycles. The van der Waals surface area contributed by atoms with E-state index in [-0.39, 0.29) is 0 Å². The van der Waals surface area contributed by atoms with Crippen molar-refractivity contribution in [3.8, 4) is 0 Å². The molecule has 22 heavy (non-hydrogen) atoms. The summed E-state index contributed by atoms with van der Waals surface area (Å²) in [6.45, 7) is 18.9. The lowest BCUT2D eigenvalue weighted by Crippen LogP contribution is -2.44. The van der Waals surface area contributed by atoms with Gasteiger partial charge in [-0.05, 0) is 36.3 Å². The minimum atomic E-state index is -1.38. The predicted molar refractivity (Wildman–Crippen MR) is 100 cm³/mol. The third-order valence-electron chi connectivity index (χ3n) is 6.22. The van der Waals surface area contributed by atoms with Crippen molar-refractivity contribution in [1.82, 2.24) is 5.01 Å². The first kappa shape index (κ1) is 19.7. The zero-order chi connectivity index (χ0) is 17.0. The third-order valence-corrected chi connectivity index (χ3v) is 11.6. The van der Waals surface area contributed by atoms with E-state index in [1.165, 1.54) is 24.6 Å². The summed E-state index contributed by atoms with van der Waals surface area (Å²) in [4.78, 5) is 0. The molecule has 1 rings (SSSR count). The van der Waals surface area contributed by atoms with Gasteiger partial charge in [0.1, 0.15) is 0 Å². The Morgan fingerprint density at radius 1 is 1.36 bits per heavy atom. The molecule has 1 aliphatic rings. The van der Waals surface area contributed by atoms with Gasteiger partial charge in [0.25, 0.3) is 0 Å². The van der Waals surface area contributed by atoms with Gasteiger partial charge in [0, 0.05) is 19.4 Å². The third kappa shape index (κ3) is 4.57. The number of hydrogen-bond donors (Lipinski definition) is 0. The molecule has 0 aromatic heterocycles. The number of ether oxygens (including phenoxy) is 1. The van der Waals surface area contributed by atoms with Crippen LogP contribution < -0.4 is 0 Å². The highest BCUT2D eigenvalue weighted by molar-refractivity contribution is 6.82. The SMILES string of the molecule is CC/C(C[Si](C)(C)C(C)(C)C(C)C)=N/N1CCCC1COC. The maximum absolute atomic E-state index is 5.36. The summed E-state index contributed by atoms with van der Waals surface area (Å²) in [5.74, 6) is 0.722. The fourth-order valence-electron chi connectivity index (χ4n) is 3.25. The Hall–Kier alpha value is -0.353. The first-order valence-electron chi connectivity index (χ1n) is 8.97. The summed E-state index contributed by atoms with van der Waals surface area (Å²) >= 11 is 0. The molecular weight excluding hydrogens is 288 g/mol. The van der Waals surface area contributed by atoms with Crippen LogP contribution in [0.5, 0.6) is 0 Å². The number of hydrazone groups is 1. The summed E-state index contributed by atoms with van der Waals surface area (Å²) in [7, 11) is 0.415. The van der Waals surface area contributed by atoms with Crippen molar-refractivity contribution >= 4 is 13.8 Å². The highest BCUT2D eigenvalue weighted by atomic mass is 28.3. The summed E-state index contributed by atoms with van der Waals surface area (Å²) in [5, 5.41) is 7.79. The fraction of sp³-hybridized carbons (Fsp3) is 0.944. The molecule has 0 aliphatic carbocycles.